The number of ether oxygens (including phenoxy) is 1. The average Bonchev–Trinajstić information content (AvgIpc) is 3.10. The molecule has 1 aromatic carbocycles. The fourth-order valence-electron chi connectivity index (χ4n) is 2.78. The minimum Gasteiger partial charge on any atom is -0.378 e. The number of rotatable bonds is 3. The summed E-state index contributed by atoms with van der Waals surface area (Å²) >= 11 is 0. The van der Waals surface area contributed by atoms with Gasteiger partial charge in [0, 0.05) is 13.1 Å². The summed E-state index contributed by atoms with van der Waals surface area (Å²) in [7, 11) is 0. The maximum Gasteiger partial charge on any atom is 0.281 e. The van der Waals surface area contributed by atoms with Crippen molar-refractivity contribution >= 4 is 16.9 Å². The molecule has 3 heterocycles. The van der Waals surface area contributed by atoms with Gasteiger partial charge in [0.25, 0.3) is 5.56 Å². The lowest BCUT2D eigenvalue weighted by atomic mass is 10.3. The molecule has 9 nitrogen and oxygen atoms in total. The first-order valence-electron chi connectivity index (χ1n) is 8.06. The first kappa shape index (κ1) is 16.3. The lowest BCUT2D eigenvalue weighted by molar-refractivity contribution is -0.136. The van der Waals surface area contributed by atoms with Gasteiger partial charge in [-0.2, -0.15) is 5.10 Å². The van der Waals surface area contributed by atoms with Crippen molar-refractivity contribution in [3.8, 4) is 5.69 Å². The first-order valence-corrected chi connectivity index (χ1v) is 8.06. The molecule has 10 heteroatoms. The van der Waals surface area contributed by atoms with Gasteiger partial charge < -0.3 is 9.64 Å². The molecular formula is C16H15FN6O3. The van der Waals surface area contributed by atoms with Gasteiger partial charge in [-0.25, -0.2) is 13.8 Å². The Labute approximate surface area is 146 Å². The number of aromatic nitrogens is 5. The van der Waals surface area contributed by atoms with Gasteiger partial charge in [0.05, 0.1) is 25.1 Å². The molecule has 26 heavy (non-hydrogen) atoms. The molecule has 0 atom stereocenters. The second-order valence-electron chi connectivity index (χ2n) is 5.82. The SMILES string of the molecule is O=C(Cn1nnc2c(cnn2-c2ccc(F)cc2)c1=O)N1CCOCC1. The summed E-state index contributed by atoms with van der Waals surface area (Å²) in [5.41, 5.74) is 0.346. The van der Waals surface area contributed by atoms with E-state index in [1.165, 1.54) is 35.1 Å². The van der Waals surface area contributed by atoms with Crippen LogP contribution in [-0.4, -0.2) is 61.9 Å². The third-order valence-corrected chi connectivity index (χ3v) is 4.18. The van der Waals surface area contributed by atoms with Crippen LogP contribution in [0.1, 0.15) is 0 Å². The Balaban J connectivity index is 1.64. The van der Waals surface area contributed by atoms with Crippen LogP contribution in [0.15, 0.2) is 35.3 Å². The van der Waals surface area contributed by atoms with E-state index in [2.05, 4.69) is 15.4 Å². The largest absolute Gasteiger partial charge is 0.378 e. The van der Waals surface area contributed by atoms with E-state index in [0.717, 1.165) is 4.68 Å². The molecule has 0 N–H and O–H groups in total. The van der Waals surface area contributed by atoms with Crippen molar-refractivity contribution < 1.29 is 13.9 Å². The van der Waals surface area contributed by atoms with Gasteiger partial charge in [0.15, 0.2) is 5.65 Å². The van der Waals surface area contributed by atoms with Crippen LogP contribution in [0.3, 0.4) is 0 Å². The molecule has 3 aromatic rings. The number of amides is 1. The molecule has 134 valence electrons. The van der Waals surface area contributed by atoms with Gasteiger partial charge in [-0.3, -0.25) is 9.59 Å². The lowest BCUT2D eigenvalue weighted by Crippen LogP contribution is -2.43. The second kappa shape index (κ2) is 6.64. The van der Waals surface area contributed by atoms with E-state index in [1.54, 1.807) is 4.90 Å². The minimum atomic E-state index is -0.454. The average molecular weight is 358 g/mol. The molecule has 1 amide bonds. The van der Waals surface area contributed by atoms with Crippen LogP contribution in [0.5, 0.6) is 0 Å². The van der Waals surface area contributed by atoms with Crippen molar-refractivity contribution in [2.45, 2.75) is 6.54 Å². The van der Waals surface area contributed by atoms with Gasteiger partial charge >= 0.3 is 0 Å². The Kier molecular flexibility index (Phi) is 4.17. The highest BCUT2D eigenvalue weighted by atomic mass is 19.1. The molecule has 1 fully saturated rings. The third kappa shape index (κ3) is 2.94. The Morgan fingerprint density at radius 3 is 2.65 bits per heavy atom. The number of halogens is 1. The molecule has 0 saturated carbocycles. The van der Waals surface area contributed by atoms with Crippen molar-refractivity contribution in [2.24, 2.45) is 0 Å². The fraction of sp³-hybridized carbons (Fsp3) is 0.312. The zero-order chi connectivity index (χ0) is 18.1. The summed E-state index contributed by atoms with van der Waals surface area (Å²) in [6, 6.07) is 5.63. The summed E-state index contributed by atoms with van der Waals surface area (Å²) in [5, 5.41) is 12.2. The van der Waals surface area contributed by atoms with E-state index in [0.29, 0.717) is 32.0 Å². The fourth-order valence-corrected chi connectivity index (χ4v) is 2.78. The van der Waals surface area contributed by atoms with Crippen LogP contribution in [0.2, 0.25) is 0 Å². The van der Waals surface area contributed by atoms with Crippen molar-refractivity contribution in [3.63, 3.8) is 0 Å². The van der Waals surface area contributed by atoms with Crippen molar-refractivity contribution in [1.82, 2.24) is 29.7 Å². The molecule has 1 aliphatic rings. The minimum absolute atomic E-state index is 0.191. The van der Waals surface area contributed by atoms with E-state index in [1.807, 2.05) is 0 Å². The Bertz CT molecular complexity index is 1010. The van der Waals surface area contributed by atoms with E-state index in [9.17, 15) is 14.0 Å². The number of hydrogen-bond donors (Lipinski definition) is 0. The summed E-state index contributed by atoms with van der Waals surface area (Å²) in [5.74, 6) is -0.588. The summed E-state index contributed by atoms with van der Waals surface area (Å²) in [6.07, 6.45) is 1.37. The van der Waals surface area contributed by atoms with Gasteiger partial charge in [-0.05, 0) is 24.3 Å². The topological polar surface area (TPSA) is 95.1 Å². The van der Waals surface area contributed by atoms with Gasteiger partial charge in [0.1, 0.15) is 17.7 Å². The molecule has 1 saturated heterocycles. The first-order chi connectivity index (χ1) is 12.6. The molecule has 0 spiro atoms. The normalized spacial score (nSPS) is 14.7. The molecule has 0 unspecified atom stereocenters. The number of nitrogens with zero attached hydrogens (tertiary/aromatic N) is 6. The maximum atomic E-state index is 13.1. The Morgan fingerprint density at radius 1 is 1.19 bits per heavy atom. The summed E-state index contributed by atoms with van der Waals surface area (Å²) in [4.78, 5) is 26.5. The highest BCUT2D eigenvalue weighted by Crippen LogP contribution is 2.13. The standard InChI is InChI=1S/C16H15FN6O3/c17-11-1-3-12(4-2-11)23-15-13(9-18-23)16(25)22(20-19-15)10-14(24)21-5-7-26-8-6-21/h1-4,9H,5-8,10H2. The van der Waals surface area contributed by atoms with Gasteiger partial charge in [0.2, 0.25) is 5.91 Å². The number of carbonyl (C=O) groups is 1. The van der Waals surface area contributed by atoms with E-state index >= 15 is 0 Å². The molecule has 4 rings (SSSR count). The number of fused-ring (bicyclic) bond motifs is 1. The van der Waals surface area contributed by atoms with E-state index in [-0.39, 0.29) is 29.3 Å². The quantitative estimate of drug-likeness (QED) is 0.653. The number of morpholine rings is 1. The Morgan fingerprint density at radius 2 is 1.92 bits per heavy atom. The molecule has 0 radical (unpaired) electrons. The van der Waals surface area contributed by atoms with E-state index in [4.69, 9.17) is 4.74 Å². The van der Waals surface area contributed by atoms with Crippen LogP contribution < -0.4 is 5.56 Å². The van der Waals surface area contributed by atoms with Crippen molar-refractivity contribution in [2.75, 3.05) is 26.3 Å². The molecule has 0 bridgehead atoms. The van der Waals surface area contributed by atoms with Crippen LogP contribution in [0.4, 0.5) is 4.39 Å². The number of benzene rings is 1. The second-order valence-corrected chi connectivity index (χ2v) is 5.82. The highest BCUT2D eigenvalue weighted by Gasteiger charge is 2.20. The van der Waals surface area contributed by atoms with Crippen LogP contribution in [-0.2, 0) is 16.1 Å². The van der Waals surface area contributed by atoms with Gasteiger partial charge in [-0.1, -0.05) is 5.21 Å². The van der Waals surface area contributed by atoms with Gasteiger partial charge in [-0.15, -0.1) is 5.10 Å². The third-order valence-electron chi connectivity index (χ3n) is 4.18. The van der Waals surface area contributed by atoms with Crippen LogP contribution in [0.25, 0.3) is 16.7 Å². The maximum absolute atomic E-state index is 13.1. The van der Waals surface area contributed by atoms with E-state index < -0.39 is 5.56 Å². The molecule has 0 aliphatic carbocycles. The highest BCUT2D eigenvalue weighted by molar-refractivity contribution is 5.77. The van der Waals surface area contributed by atoms with Crippen LogP contribution >= 0.6 is 0 Å². The number of carbonyl (C=O) groups excluding carboxylic acids is 1. The lowest BCUT2D eigenvalue weighted by Gasteiger charge is -2.26. The monoisotopic (exact) mass is 358 g/mol. The predicted octanol–water partition coefficient (Wildman–Crippen LogP) is -0.0249. The molecular weight excluding hydrogens is 343 g/mol. The number of hydrogen-bond acceptors (Lipinski definition) is 6. The molecule has 1 aliphatic heterocycles. The summed E-state index contributed by atoms with van der Waals surface area (Å²) < 4.78 is 20.7. The zero-order valence-corrected chi connectivity index (χ0v) is 13.7. The van der Waals surface area contributed by atoms with Crippen LogP contribution in [0, 0.1) is 5.82 Å². The van der Waals surface area contributed by atoms with Crippen molar-refractivity contribution in [1.29, 1.82) is 0 Å². The Hall–Kier alpha value is -3.14. The summed E-state index contributed by atoms with van der Waals surface area (Å²) in [6.45, 7) is 1.76. The van der Waals surface area contributed by atoms with Crippen molar-refractivity contribution in [3.05, 3.63) is 46.6 Å². The zero-order valence-electron chi connectivity index (χ0n) is 13.7. The smallest absolute Gasteiger partial charge is 0.281 e. The predicted molar refractivity (Wildman–Crippen MR) is 88.3 cm³/mol. The molecule has 2 aromatic heterocycles.